The van der Waals surface area contributed by atoms with Gasteiger partial charge in [0.05, 0.1) is 29.4 Å². The predicted octanol–water partition coefficient (Wildman–Crippen LogP) is 5.37. The molecule has 13 heteroatoms. The summed E-state index contributed by atoms with van der Waals surface area (Å²) in [4.78, 5) is 64.3. The van der Waals surface area contributed by atoms with E-state index in [4.69, 9.17) is 23.7 Å². The van der Waals surface area contributed by atoms with Gasteiger partial charge in [0, 0.05) is 49.0 Å². The minimum atomic E-state index is -1.25. The zero-order valence-electron chi connectivity index (χ0n) is 34.8. The molecule has 1 N–H and O–H groups in total. The van der Waals surface area contributed by atoms with Gasteiger partial charge < -0.3 is 38.6 Å². The molecule has 3 fully saturated rings. The average Bonchev–Trinajstić information content (AvgIpc) is 3.51. The van der Waals surface area contributed by atoms with Crippen LogP contribution in [0.5, 0.6) is 0 Å². The van der Waals surface area contributed by atoms with Gasteiger partial charge in [0.2, 0.25) is 0 Å². The zero-order valence-corrected chi connectivity index (χ0v) is 34.8. The highest BCUT2D eigenvalue weighted by molar-refractivity contribution is 6.00. The number of unbranched alkanes of at least 4 members (excludes halogenated alkanes) is 1. The molecule has 1 amide bonds. The molecule has 56 heavy (non-hydrogen) atoms. The van der Waals surface area contributed by atoms with Crippen molar-refractivity contribution in [2.75, 3.05) is 27.7 Å². The summed E-state index contributed by atoms with van der Waals surface area (Å²) >= 11 is 0. The van der Waals surface area contributed by atoms with E-state index in [2.05, 4.69) is 11.1 Å². The quantitative estimate of drug-likeness (QED) is 0.187. The lowest BCUT2D eigenvalue weighted by Gasteiger charge is -2.47. The SMILES string of the molecule is CC[C@H]1OC(=O)[C@H](C)C(=O)[C@H](C)[C@@H](O[C@@H]2O[C@H](C)C[C@H](N(C)C)[C@H]2O)[C@](C)(OC)C[C@@H](C)C(=O)[C@H](C)[C@@H]2[C@@H]1OC(=O)N2CCCCc1ccnc2ccccc12. The molecule has 0 spiro atoms. The highest BCUT2D eigenvalue weighted by Crippen LogP contribution is 2.39. The van der Waals surface area contributed by atoms with E-state index in [0.717, 1.165) is 23.7 Å². The number of aliphatic hydroxyl groups is 1. The first-order valence-electron chi connectivity index (χ1n) is 20.3. The van der Waals surface area contributed by atoms with E-state index in [1.54, 1.807) is 25.7 Å². The van der Waals surface area contributed by atoms with Gasteiger partial charge in [-0.1, -0.05) is 45.9 Å². The maximum Gasteiger partial charge on any atom is 0.410 e. The van der Waals surface area contributed by atoms with E-state index in [1.807, 2.05) is 70.2 Å². The van der Waals surface area contributed by atoms with Crippen LogP contribution in [0.15, 0.2) is 36.5 Å². The molecule has 13 nitrogen and oxygen atoms in total. The number of aliphatic hydroxyl groups excluding tert-OH is 1. The number of para-hydroxylation sites is 1. The molecule has 310 valence electrons. The van der Waals surface area contributed by atoms with E-state index < -0.39 is 83.9 Å². The maximum absolute atomic E-state index is 14.6. The van der Waals surface area contributed by atoms with Crippen molar-refractivity contribution in [2.45, 2.75) is 141 Å². The van der Waals surface area contributed by atoms with E-state index in [1.165, 1.54) is 19.6 Å². The number of aryl methyl sites for hydroxylation is 1. The number of esters is 1. The predicted molar refractivity (Wildman–Crippen MR) is 210 cm³/mol. The third kappa shape index (κ3) is 9.12. The van der Waals surface area contributed by atoms with Gasteiger partial charge in [-0.25, -0.2) is 4.79 Å². The van der Waals surface area contributed by atoms with E-state index >= 15 is 0 Å². The third-order valence-electron chi connectivity index (χ3n) is 12.5. The Balaban J connectivity index is 1.44. The summed E-state index contributed by atoms with van der Waals surface area (Å²) in [6.45, 7) is 12.6. The van der Waals surface area contributed by atoms with Crippen molar-refractivity contribution in [2.24, 2.45) is 23.7 Å². The Kier molecular flexibility index (Phi) is 14.3. The normalized spacial score (nSPS) is 36.3. The molecule has 1 aromatic heterocycles. The number of ether oxygens (including phenoxy) is 5. The highest BCUT2D eigenvalue weighted by Gasteiger charge is 2.54. The summed E-state index contributed by atoms with van der Waals surface area (Å²) in [7, 11) is 5.25. The first-order chi connectivity index (χ1) is 26.5. The van der Waals surface area contributed by atoms with E-state index in [9.17, 15) is 24.3 Å². The number of nitrogens with zero attached hydrogens (tertiary/aromatic N) is 3. The van der Waals surface area contributed by atoms with Crippen molar-refractivity contribution in [1.29, 1.82) is 0 Å². The fourth-order valence-corrected chi connectivity index (χ4v) is 9.14. The van der Waals surface area contributed by atoms with Crippen LogP contribution < -0.4 is 0 Å². The van der Waals surface area contributed by atoms with Crippen molar-refractivity contribution in [1.82, 2.24) is 14.8 Å². The lowest BCUT2D eigenvalue weighted by Crippen LogP contribution is -2.59. The summed E-state index contributed by atoms with van der Waals surface area (Å²) in [5, 5.41) is 12.5. The smallest absolute Gasteiger partial charge is 0.410 e. The summed E-state index contributed by atoms with van der Waals surface area (Å²) in [5.74, 6) is -4.80. The molecule has 0 radical (unpaired) electrons. The number of aromatic nitrogens is 1. The Morgan fingerprint density at radius 3 is 2.38 bits per heavy atom. The highest BCUT2D eigenvalue weighted by atomic mass is 16.7. The number of likely N-dealkylation sites (N-methyl/N-ethyl adjacent to an activating group) is 1. The first-order valence-corrected chi connectivity index (χ1v) is 20.3. The fraction of sp³-hybridized carbons (Fsp3) is 0.698. The van der Waals surface area contributed by atoms with Crippen molar-refractivity contribution >= 4 is 34.5 Å². The molecule has 5 rings (SSSR count). The Morgan fingerprint density at radius 1 is 0.982 bits per heavy atom. The second-order valence-corrected chi connectivity index (χ2v) is 16.7. The average molecular weight is 782 g/mol. The van der Waals surface area contributed by atoms with Gasteiger partial charge in [0.15, 0.2) is 18.2 Å². The Morgan fingerprint density at radius 2 is 1.70 bits per heavy atom. The van der Waals surface area contributed by atoms with Gasteiger partial charge in [0.25, 0.3) is 0 Å². The number of ketones is 2. The summed E-state index contributed by atoms with van der Waals surface area (Å²) in [6, 6.07) is 9.02. The van der Waals surface area contributed by atoms with Crippen LogP contribution in [0.2, 0.25) is 0 Å². The molecular weight excluding hydrogens is 718 g/mol. The van der Waals surface area contributed by atoms with Gasteiger partial charge in [-0.3, -0.25) is 19.4 Å². The van der Waals surface area contributed by atoms with E-state index in [0.29, 0.717) is 25.8 Å². The van der Waals surface area contributed by atoms with Crippen molar-refractivity contribution in [3.8, 4) is 0 Å². The molecule has 1 aromatic carbocycles. The molecule has 13 atom stereocenters. The zero-order chi connectivity index (χ0) is 41.1. The first kappa shape index (κ1) is 43.6. The summed E-state index contributed by atoms with van der Waals surface area (Å²) in [5.41, 5.74) is 0.848. The minimum Gasteiger partial charge on any atom is -0.458 e. The Bertz CT molecular complexity index is 1700. The van der Waals surface area contributed by atoms with Gasteiger partial charge in [0.1, 0.15) is 23.9 Å². The molecule has 0 unspecified atom stereocenters. The number of Topliss-reactive ketones (excluding diaryl/α,β-unsaturated/α-hetero) is 2. The monoisotopic (exact) mass is 781 g/mol. The fourth-order valence-electron chi connectivity index (χ4n) is 9.14. The van der Waals surface area contributed by atoms with Crippen LogP contribution in [-0.2, 0) is 44.5 Å². The number of pyridine rings is 1. The second-order valence-electron chi connectivity index (χ2n) is 16.7. The number of carbonyl (C=O) groups excluding carboxylic acids is 4. The van der Waals surface area contributed by atoms with Gasteiger partial charge >= 0.3 is 12.1 Å². The van der Waals surface area contributed by atoms with Crippen LogP contribution in [0.25, 0.3) is 10.9 Å². The number of methoxy groups -OCH3 is 1. The third-order valence-corrected chi connectivity index (χ3v) is 12.5. The Labute approximate surface area is 331 Å². The Hall–Kier alpha value is -3.49. The molecule has 3 aliphatic heterocycles. The maximum atomic E-state index is 14.6. The van der Waals surface area contributed by atoms with Crippen LogP contribution in [-0.4, -0.2) is 126 Å². The van der Waals surface area contributed by atoms with Crippen LogP contribution in [0.4, 0.5) is 4.79 Å². The lowest BCUT2D eigenvalue weighted by molar-refractivity contribution is -0.295. The second kappa shape index (κ2) is 18.4. The molecule has 3 aliphatic rings. The molecule has 0 bridgehead atoms. The molecule has 0 aliphatic carbocycles. The molecular formula is C43H63N3O10. The van der Waals surface area contributed by atoms with Gasteiger partial charge in [-0.2, -0.15) is 0 Å². The minimum absolute atomic E-state index is 0.130. The lowest BCUT2D eigenvalue weighted by atomic mass is 9.75. The summed E-state index contributed by atoms with van der Waals surface area (Å²) in [6.07, 6.45) is -0.783. The number of fused-ring (bicyclic) bond motifs is 2. The standard InChI is InChI=1S/C43H63N3O10/c1-11-33-38-34(46(42(51)55-38)21-15-14-16-29-19-20-44-31-18-13-12-17-30(29)31)26(4)35(47)24(2)23-43(7,52-10)39(27(5)36(48)28(6)40(50)54-33)56-41-37(49)32(45(8)9)22-25(3)53-41/h12-13,17-20,24-28,32-34,37-39,41,49H,11,14-16,21-23H2,1-10H3/t24-,25-,26-,27+,28-,32+,33-,34-,37-,38-,39-,41+,43-/m1/s1. The van der Waals surface area contributed by atoms with Crippen molar-refractivity contribution in [3.63, 3.8) is 0 Å². The van der Waals surface area contributed by atoms with Gasteiger partial charge in [-0.15, -0.1) is 0 Å². The number of hydrogen-bond donors (Lipinski definition) is 1. The van der Waals surface area contributed by atoms with Crippen LogP contribution in [0, 0.1) is 23.7 Å². The number of cyclic esters (lactones) is 1. The number of rotatable bonds is 10. The number of carbonyl (C=O) groups is 4. The molecule has 3 saturated heterocycles. The molecule has 0 saturated carbocycles. The van der Waals surface area contributed by atoms with Crippen LogP contribution >= 0.6 is 0 Å². The largest absolute Gasteiger partial charge is 0.458 e. The number of hydrogen-bond acceptors (Lipinski definition) is 12. The van der Waals surface area contributed by atoms with E-state index in [-0.39, 0.29) is 24.3 Å². The molecule has 4 heterocycles. The van der Waals surface area contributed by atoms with Gasteiger partial charge in [-0.05, 0) is 91.1 Å². The van der Waals surface area contributed by atoms with Crippen molar-refractivity contribution in [3.05, 3.63) is 42.1 Å². The number of amides is 1. The summed E-state index contributed by atoms with van der Waals surface area (Å²) < 4.78 is 30.9. The van der Waals surface area contributed by atoms with Crippen LogP contribution in [0.1, 0.15) is 86.1 Å². The topological polar surface area (TPSA) is 154 Å². The van der Waals surface area contributed by atoms with Crippen molar-refractivity contribution < 1.29 is 48.0 Å². The molecule has 2 aromatic rings. The number of benzene rings is 1. The van der Waals surface area contributed by atoms with Crippen LogP contribution in [0.3, 0.4) is 0 Å².